The monoisotopic (exact) mass is 229 g/mol. The number of unbranched alkanes of at least 4 members (excludes halogenated alkanes) is 5. The van der Waals surface area contributed by atoms with Crippen molar-refractivity contribution in [3.8, 4) is 0 Å². The molecular weight excluding hydrogens is 200 g/mol. The summed E-state index contributed by atoms with van der Waals surface area (Å²) in [5.41, 5.74) is 5.43. The summed E-state index contributed by atoms with van der Waals surface area (Å²) in [5, 5.41) is 0. The average Bonchev–Trinajstić information content (AvgIpc) is 2.13. The topological polar surface area (TPSA) is 43.1 Å². The fourth-order valence-corrected chi connectivity index (χ4v) is 2.03. The zero-order valence-electron chi connectivity index (χ0n) is 11.5. The molecular formula is C13H29N2O+. The maximum absolute atomic E-state index is 11.3. The number of carbonyl (C=O) groups is 1. The van der Waals surface area contributed by atoms with Gasteiger partial charge in [0.15, 0.2) is 6.04 Å². The van der Waals surface area contributed by atoms with E-state index in [1.165, 1.54) is 32.1 Å². The smallest absolute Gasteiger partial charge is 0.275 e. The van der Waals surface area contributed by atoms with Crippen molar-refractivity contribution >= 4 is 5.91 Å². The second kappa shape index (κ2) is 7.66. The molecule has 0 saturated heterocycles. The van der Waals surface area contributed by atoms with Gasteiger partial charge in [-0.05, 0) is 6.42 Å². The van der Waals surface area contributed by atoms with Gasteiger partial charge in [0, 0.05) is 6.42 Å². The average molecular weight is 229 g/mol. The van der Waals surface area contributed by atoms with Gasteiger partial charge in [0.1, 0.15) is 0 Å². The maximum Gasteiger partial charge on any atom is 0.275 e. The van der Waals surface area contributed by atoms with Crippen molar-refractivity contribution in [3.05, 3.63) is 0 Å². The number of amides is 1. The van der Waals surface area contributed by atoms with Gasteiger partial charge in [-0.2, -0.15) is 0 Å². The number of rotatable bonds is 9. The van der Waals surface area contributed by atoms with Crippen LogP contribution in [0.2, 0.25) is 0 Å². The lowest BCUT2D eigenvalue weighted by Crippen LogP contribution is -2.52. The molecule has 0 heterocycles. The molecule has 0 fully saturated rings. The first-order chi connectivity index (χ1) is 7.39. The van der Waals surface area contributed by atoms with Crippen LogP contribution in [-0.4, -0.2) is 37.6 Å². The molecule has 0 aliphatic rings. The van der Waals surface area contributed by atoms with E-state index in [1.807, 2.05) is 21.1 Å². The summed E-state index contributed by atoms with van der Waals surface area (Å²) < 4.78 is 0.643. The molecule has 0 aromatic heterocycles. The van der Waals surface area contributed by atoms with E-state index >= 15 is 0 Å². The zero-order chi connectivity index (χ0) is 12.6. The van der Waals surface area contributed by atoms with Gasteiger partial charge in [0.05, 0.1) is 21.1 Å². The Labute approximate surface area is 101 Å². The highest BCUT2D eigenvalue weighted by atomic mass is 16.1. The third-order valence-electron chi connectivity index (χ3n) is 3.09. The van der Waals surface area contributed by atoms with E-state index < -0.39 is 0 Å². The molecule has 0 bridgehead atoms. The molecule has 0 saturated carbocycles. The highest BCUT2D eigenvalue weighted by Crippen LogP contribution is 2.13. The predicted molar refractivity (Wildman–Crippen MR) is 69.0 cm³/mol. The third-order valence-corrected chi connectivity index (χ3v) is 3.09. The van der Waals surface area contributed by atoms with Crippen molar-refractivity contribution < 1.29 is 9.28 Å². The summed E-state index contributed by atoms with van der Waals surface area (Å²) in [4.78, 5) is 11.3. The Morgan fingerprint density at radius 2 is 1.56 bits per heavy atom. The van der Waals surface area contributed by atoms with Crippen LogP contribution in [0.1, 0.15) is 51.9 Å². The van der Waals surface area contributed by atoms with Crippen LogP contribution >= 0.6 is 0 Å². The Morgan fingerprint density at radius 3 is 2.00 bits per heavy atom. The highest BCUT2D eigenvalue weighted by molar-refractivity contribution is 5.78. The summed E-state index contributed by atoms with van der Waals surface area (Å²) in [5.74, 6) is -0.166. The summed E-state index contributed by atoms with van der Waals surface area (Å²) in [6, 6.07) is -0.0359. The minimum atomic E-state index is -0.166. The van der Waals surface area contributed by atoms with Crippen molar-refractivity contribution in [2.24, 2.45) is 5.73 Å². The molecule has 2 N–H and O–H groups in total. The molecule has 0 aliphatic carbocycles. The van der Waals surface area contributed by atoms with Crippen LogP contribution in [0.15, 0.2) is 0 Å². The largest absolute Gasteiger partial charge is 0.365 e. The summed E-state index contributed by atoms with van der Waals surface area (Å²) in [6.07, 6.45) is 8.48. The number of hydrogen-bond donors (Lipinski definition) is 1. The van der Waals surface area contributed by atoms with Crippen LogP contribution < -0.4 is 5.73 Å². The molecule has 96 valence electrons. The SMILES string of the molecule is CCCCCCCCC(C(N)=O)[N+](C)(C)C. The van der Waals surface area contributed by atoms with Crippen LogP contribution in [0, 0.1) is 0 Å². The Morgan fingerprint density at radius 1 is 1.06 bits per heavy atom. The summed E-state index contributed by atoms with van der Waals surface area (Å²) in [7, 11) is 6.10. The van der Waals surface area contributed by atoms with Gasteiger partial charge in [-0.15, -0.1) is 0 Å². The number of nitrogens with two attached hydrogens (primary N) is 1. The van der Waals surface area contributed by atoms with Crippen LogP contribution in [0.25, 0.3) is 0 Å². The van der Waals surface area contributed by atoms with Crippen LogP contribution in [0.4, 0.5) is 0 Å². The Hall–Kier alpha value is -0.570. The van der Waals surface area contributed by atoms with Crippen LogP contribution in [0.5, 0.6) is 0 Å². The molecule has 3 heteroatoms. The fraction of sp³-hybridized carbons (Fsp3) is 0.923. The number of hydrogen-bond acceptors (Lipinski definition) is 1. The number of likely N-dealkylation sites (N-methyl/N-ethyl adjacent to an activating group) is 1. The molecule has 1 unspecified atom stereocenters. The Bertz CT molecular complexity index is 197. The van der Waals surface area contributed by atoms with Gasteiger partial charge in [0.2, 0.25) is 0 Å². The van der Waals surface area contributed by atoms with Gasteiger partial charge in [0.25, 0.3) is 5.91 Å². The van der Waals surface area contributed by atoms with Crippen molar-refractivity contribution in [1.29, 1.82) is 0 Å². The first-order valence-corrected chi connectivity index (χ1v) is 6.50. The lowest BCUT2D eigenvalue weighted by Gasteiger charge is -2.31. The zero-order valence-corrected chi connectivity index (χ0v) is 11.5. The molecule has 0 rings (SSSR count). The number of nitrogens with zero attached hydrogens (tertiary/aromatic N) is 1. The predicted octanol–water partition coefficient (Wildman–Crippen LogP) is 2.30. The molecule has 16 heavy (non-hydrogen) atoms. The quantitative estimate of drug-likeness (QED) is 0.478. The molecule has 0 aromatic rings. The van der Waals surface area contributed by atoms with E-state index in [4.69, 9.17) is 5.73 Å². The summed E-state index contributed by atoms with van der Waals surface area (Å²) >= 11 is 0. The first-order valence-electron chi connectivity index (χ1n) is 6.50. The van der Waals surface area contributed by atoms with E-state index in [0.717, 1.165) is 12.8 Å². The fourth-order valence-electron chi connectivity index (χ4n) is 2.03. The Kier molecular flexibility index (Phi) is 7.39. The normalized spacial score (nSPS) is 13.8. The van der Waals surface area contributed by atoms with Crippen molar-refractivity contribution in [2.75, 3.05) is 21.1 Å². The Balaban J connectivity index is 3.75. The standard InChI is InChI=1S/C13H28N2O/c1-5-6-7-8-9-10-11-12(13(14)16)15(2,3)4/h12H,5-11H2,1-4H3,(H-,14,16)/p+1. The van der Waals surface area contributed by atoms with E-state index in [-0.39, 0.29) is 11.9 Å². The number of quaternary nitrogens is 1. The van der Waals surface area contributed by atoms with E-state index in [1.54, 1.807) is 0 Å². The minimum Gasteiger partial charge on any atom is -0.365 e. The van der Waals surface area contributed by atoms with Crippen LogP contribution in [-0.2, 0) is 4.79 Å². The van der Waals surface area contributed by atoms with Gasteiger partial charge >= 0.3 is 0 Å². The minimum absolute atomic E-state index is 0.0359. The number of carbonyl (C=O) groups excluding carboxylic acids is 1. The molecule has 0 aromatic carbocycles. The third kappa shape index (κ3) is 6.83. The highest BCUT2D eigenvalue weighted by Gasteiger charge is 2.28. The van der Waals surface area contributed by atoms with E-state index in [2.05, 4.69) is 6.92 Å². The van der Waals surface area contributed by atoms with Crippen molar-refractivity contribution in [2.45, 2.75) is 57.9 Å². The van der Waals surface area contributed by atoms with Gasteiger partial charge in [-0.1, -0.05) is 39.0 Å². The van der Waals surface area contributed by atoms with Crippen molar-refractivity contribution in [3.63, 3.8) is 0 Å². The lowest BCUT2D eigenvalue weighted by molar-refractivity contribution is -0.886. The molecule has 3 nitrogen and oxygen atoms in total. The maximum atomic E-state index is 11.3. The molecule has 1 atom stereocenters. The number of primary amides is 1. The lowest BCUT2D eigenvalue weighted by atomic mass is 10.0. The molecule has 0 spiro atoms. The van der Waals surface area contributed by atoms with Crippen molar-refractivity contribution in [1.82, 2.24) is 0 Å². The molecule has 0 aliphatic heterocycles. The second-order valence-corrected chi connectivity index (χ2v) is 5.59. The first kappa shape index (κ1) is 15.4. The molecule has 1 amide bonds. The van der Waals surface area contributed by atoms with E-state index in [0.29, 0.717) is 4.48 Å². The van der Waals surface area contributed by atoms with E-state index in [9.17, 15) is 4.79 Å². The summed E-state index contributed by atoms with van der Waals surface area (Å²) in [6.45, 7) is 2.22. The van der Waals surface area contributed by atoms with Gasteiger partial charge in [-0.25, -0.2) is 0 Å². The van der Waals surface area contributed by atoms with Crippen LogP contribution in [0.3, 0.4) is 0 Å². The van der Waals surface area contributed by atoms with Gasteiger partial charge in [-0.3, -0.25) is 4.79 Å². The second-order valence-electron chi connectivity index (χ2n) is 5.59. The van der Waals surface area contributed by atoms with Gasteiger partial charge < -0.3 is 10.2 Å². The molecule has 0 radical (unpaired) electrons.